The number of piperidine rings is 1. The smallest absolute Gasteiger partial charge is 0.225 e. The van der Waals surface area contributed by atoms with Crippen LogP contribution in [-0.2, 0) is 17.9 Å². The van der Waals surface area contributed by atoms with Crippen LogP contribution in [0.15, 0.2) is 36.7 Å². The molecule has 0 radical (unpaired) electrons. The van der Waals surface area contributed by atoms with Crippen LogP contribution in [0.4, 0.5) is 5.95 Å². The molecule has 0 N–H and O–H groups in total. The van der Waals surface area contributed by atoms with Gasteiger partial charge in [-0.2, -0.15) is 0 Å². The lowest BCUT2D eigenvalue weighted by Crippen LogP contribution is -2.34. The van der Waals surface area contributed by atoms with E-state index in [1.807, 2.05) is 24.3 Å². The maximum atomic E-state index is 12.2. The monoisotopic (exact) mass is 423 g/mol. The number of anilines is 1. The summed E-state index contributed by atoms with van der Waals surface area (Å²) in [6, 6.07) is 7.65. The highest BCUT2D eigenvalue weighted by Gasteiger charge is 2.31. The number of hydrogen-bond acceptors (Lipinski definition) is 6. The van der Waals surface area contributed by atoms with Crippen molar-refractivity contribution in [2.75, 3.05) is 18.0 Å². The molecule has 30 heavy (non-hydrogen) atoms. The predicted octanol–water partition coefficient (Wildman–Crippen LogP) is 2.96. The summed E-state index contributed by atoms with van der Waals surface area (Å²) in [6.45, 7) is 4.26. The Bertz CT molecular complexity index is 1080. The minimum atomic E-state index is 0.00935. The Kier molecular flexibility index (Phi) is 4.86. The van der Waals surface area contributed by atoms with E-state index in [4.69, 9.17) is 11.6 Å². The number of fused-ring (bicyclic) bond motifs is 3. The molecule has 154 valence electrons. The maximum Gasteiger partial charge on any atom is 0.225 e. The van der Waals surface area contributed by atoms with Crippen molar-refractivity contribution in [2.24, 2.45) is 0 Å². The molecular formula is C21H22ClN7O. The summed E-state index contributed by atoms with van der Waals surface area (Å²) in [6.07, 6.45) is 5.43. The van der Waals surface area contributed by atoms with Crippen molar-refractivity contribution in [3.63, 3.8) is 0 Å². The van der Waals surface area contributed by atoms with Crippen LogP contribution < -0.4 is 4.90 Å². The van der Waals surface area contributed by atoms with Gasteiger partial charge < -0.3 is 9.80 Å². The number of carbonyl (C=O) groups is 1. The molecule has 0 unspecified atom stereocenters. The molecule has 1 fully saturated rings. The highest BCUT2D eigenvalue weighted by atomic mass is 35.5. The number of rotatable bonds is 2. The summed E-state index contributed by atoms with van der Waals surface area (Å²) < 4.78 is 2.13. The molecule has 5 rings (SSSR count). The number of benzene rings is 1. The van der Waals surface area contributed by atoms with E-state index < -0.39 is 0 Å². The van der Waals surface area contributed by atoms with Crippen LogP contribution in [0.5, 0.6) is 0 Å². The second-order valence-electron chi connectivity index (χ2n) is 7.77. The Morgan fingerprint density at radius 3 is 2.60 bits per heavy atom. The van der Waals surface area contributed by atoms with Crippen LogP contribution in [0.3, 0.4) is 0 Å². The Labute approximate surface area is 179 Å². The van der Waals surface area contributed by atoms with E-state index in [0.717, 1.165) is 54.8 Å². The van der Waals surface area contributed by atoms with Crippen LogP contribution in [0.2, 0.25) is 5.02 Å². The summed E-state index contributed by atoms with van der Waals surface area (Å²) in [5.41, 5.74) is 2.01. The molecule has 0 aliphatic carbocycles. The minimum Gasteiger partial charge on any atom is -0.341 e. The fourth-order valence-corrected chi connectivity index (χ4v) is 4.50. The molecule has 1 saturated heterocycles. The van der Waals surface area contributed by atoms with Gasteiger partial charge in [0.2, 0.25) is 11.9 Å². The first kappa shape index (κ1) is 19.0. The molecule has 9 heteroatoms. The fraction of sp³-hybridized carbons (Fsp3) is 0.381. The van der Waals surface area contributed by atoms with Gasteiger partial charge in [0.05, 0.1) is 12.2 Å². The first-order chi connectivity index (χ1) is 14.6. The summed E-state index contributed by atoms with van der Waals surface area (Å²) in [5, 5.41) is 9.70. The van der Waals surface area contributed by atoms with E-state index in [9.17, 15) is 4.79 Å². The van der Waals surface area contributed by atoms with Crippen molar-refractivity contribution in [3.8, 4) is 5.69 Å². The normalized spacial score (nSPS) is 16.7. The van der Waals surface area contributed by atoms with Gasteiger partial charge in [0.15, 0.2) is 5.82 Å². The third kappa shape index (κ3) is 3.41. The average molecular weight is 424 g/mol. The Morgan fingerprint density at radius 1 is 1.10 bits per heavy atom. The summed E-state index contributed by atoms with van der Waals surface area (Å²) in [5.74, 6) is 2.80. The maximum absolute atomic E-state index is 12.2. The SMILES string of the molecule is CC(=O)N1Cc2cc(Cl)ccc2-n2c(nnc2C2CCN(c3ncccn3)CC2)C1. The van der Waals surface area contributed by atoms with Crippen molar-refractivity contribution >= 4 is 23.5 Å². The van der Waals surface area contributed by atoms with Crippen LogP contribution in [0, 0.1) is 0 Å². The van der Waals surface area contributed by atoms with Gasteiger partial charge in [-0.1, -0.05) is 11.6 Å². The lowest BCUT2D eigenvalue weighted by molar-refractivity contribution is -0.130. The molecule has 8 nitrogen and oxygen atoms in total. The van der Waals surface area contributed by atoms with Gasteiger partial charge in [-0.25, -0.2) is 9.97 Å². The molecule has 0 bridgehead atoms. The molecule has 2 aliphatic heterocycles. The van der Waals surface area contributed by atoms with Crippen molar-refractivity contribution in [1.29, 1.82) is 0 Å². The third-order valence-corrected chi connectivity index (χ3v) is 6.11. The Balaban J connectivity index is 1.47. The van der Waals surface area contributed by atoms with E-state index in [0.29, 0.717) is 18.1 Å². The van der Waals surface area contributed by atoms with Crippen molar-refractivity contribution in [3.05, 3.63) is 58.9 Å². The van der Waals surface area contributed by atoms with Crippen molar-refractivity contribution in [2.45, 2.75) is 38.8 Å². The molecule has 1 amide bonds. The highest BCUT2D eigenvalue weighted by molar-refractivity contribution is 6.30. The average Bonchev–Trinajstić information content (AvgIpc) is 3.10. The minimum absolute atomic E-state index is 0.00935. The number of carbonyl (C=O) groups excluding carboxylic acids is 1. The Hall–Kier alpha value is -3.00. The number of hydrogen-bond donors (Lipinski definition) is 0. The van der Waals surface area contributed by atoms with E-state index in [1.165, 1.54) is 0 Å². The van der Waals surface area contributed by atoms with E-state index in [-0.39, 0.29) is 11.8 Å². The van der Waals surface area contributed by atoms with Gasteiger partial charge in [-0.05, 0) is 42.7 Å². The van der Waals surface area contributed by atoms with Crippen LogP contribution in [0.25, 0.3) is 5.69 Å². The Morgan fingerprint density at radius 2 is 1.87 bits per heavy atom. The molecule has 2 aromatic heterocycles. The topological polar surface area (TPSA) is 80.0 Å². The fourth-order valence-electron chi connectivity index (χ4n) is 4.31. The second-order valence-corrected chi connectivity index (χ2v) is 8.20. The van der Waals surface area contributed by atoms with Gasteiger partial charge in [-0.15, -0.1) is 10.2 Å². The molecule has 3 aromatic rings. The molecule has 0 spiro atoms. The zero-order chi connectivity index (χ0) is 20.7. The molecule has 0 saturated carbocycles. The van der Waals surface area contributed by atoms with Gasteiger partial charge >= 0.3 is 0 Å². The van der Waals surface area contributed by atoms with Crippen molar-refractivity contribution < 1.29 is 4.79 Å². The van der Waals surface area contributed by atoms with Gasteiger partial charge in [0.1, 0.15) is 5.82 Å². The molecule has 0 atom stereocenters. The lowest BCUT2D eigenvalue weighted by Gasteiger charge is -2.31. The zero-order valence-electron chi connectivity index (χ0n) is 16.7. The van der Waals surface area contributed by atoms with Gasteiger partial charge in [0.25, 0.3) is 0 Å². The first-order valence-electron chi connectivity index (χ1n) is 10.1. The van der Waals surface area contributed by atoms with Crippen LogP contribution >= 0.6 is 11.6 Å². The predicted molar refractivity (Wildman–Crippen MR) is 113 cm³/mol. The number of aromatic nitrogens is 5. The zero-order valence-corrected chi connectivity index (χ0v) is 17.5. The lowest BCUT2D eigenvalue weighted by atomic mass is 9.95. The number of nitrogens with zero attached hydrogens (tertiary/aromatic N) is 7. The number of halogens is 1. The van der Waals surface area contributed by atoms with Crippen molar-refractivity contribution in [1.82, 2.24) is 29.6 Å². The van der Waals surface area contributed by atoms with E-state index >= 15 is 0 Å². The molecular weight excluding hydrogens is 402 g/mol. The third-order valence-electron chi connectivity index (χ3n) is 5.87. The molecule has 2 aliphatic rings. The second kappa shape index (κ2) is 7.68. The standard InChI is InChI=1S/C21H22ClN7O/c1-14(30)28-12-16-11-17(22)3-4-18(16)29-19(13-28)25-26-20(29)15-5-9-27(10-6-15)21-23-7-2-8-24-21/h2-4,7-8,11,15H,5-6,9-10,12-13H2,1H3. The van der Waals surface area contributed by atoms with Gasteiger partial charge in [-0.3, -0.25) is 9.36 Å². The largest absolute Gasteiger partial charge is 0.341 e. The summed E-state index contributed by atoms with van der Waals surface area (Å²) in [4.78, 5) is 24.9. The first-order valence-corrected chi connectivity index (χ1v) is 10.5. The highest BCUT2D eigenvalue weighted by Crippen LogP contribution is 2.34. The summed E-state index contributed by atoms with van der Waals surface area (Å²) in [7, 11) is 0. The summed E-state index contributed by atoms with van der Waals surface area (Å²) >= 11 is 6.26. The molecule has 4 heterocycles. The van der Waals surface area contributed by atoms with E-state index in [2.05, 4.69) is 29.6 Å². The van der Waals surface area contributed by atoms with Crippen LogP contribution in [-0.4, -0.2) is 48.6 Å². The van der Waals surface area contributed by atoms with Gasteiger partial charge in [0, 0.05) is 49.9 Å². The molecule has 1 aromatic carbocycles. The van der Waals surface area contributed by atoms with E-state index in [1.54, 1.807) is 24.2 Å². The quantitative estimate of drug-likeness (QED) is 0.630. The number of amides is 1. The van der Waals surface area contributed by atoms with Crippen LogP contribution in [0.1, 0.15) is 42.9 Å².